The fourth-order valence-corrected chi connectivity index (χ4v) is 3.12. The van der Waals surface area contributed by atoms with Gasteiger partial charge in [-0.15, -0.1) is 0 Å². The number of hydrogen-bond donors (Lipinski definition) is 0. The van der Waals surface area contributed by atoms with Gasteiger partial charge >= 0.3 is 5.97 Å². The molecule has 0 spiro atoms. The number of ether oxygens (including phenoxy) is 2. The number of carbonyl (C=O) groups excluding carboxylic acids is 1. The van der Waals surface area contributed by atoms with E-state index in [1.54, 1.807) is 36.5 Å². The molecule has 3 aromatic rings. The molecule has 0 aliphatic rings. The van der Waals surface area contributed by atoms with Crippen LogP contribution in [0.3, 0.4) is 0 Å². The third-order valence-electron chi connectivity index (χ3n) is 4.67. The Kier molecular flexibility index (Phi) is 6.99. The van der Waals surface area contributed by atoms with Gasteiger partial charge in [-0.05, 0) is 54.4 Å². The summed E-state index contributed by atoms with van der Waals surface area (Å²) in [7, 11) is 1.31. The van der Waals surface area contributed by atoms with E-state index in [0.717, 1.165) is 16.5 Å². The number of aromatic nitrogens is 2. The minimum absolute atomic E-state index is 0.0667. The molecule has 7 nitrogen and oxygen atoms in total. The Hall–Kier alpha value is -3.00. The number of hydrogen-bond acceptors (Lipinski definition) is 6. The molecule has 0 aliphatic carbocycles. The number of benzene rings is 2. The van der Waals surface area contributed by atoms with E-state index in [9.17, 15) is 9.59 Å². The summed E-state index contributed by atoms with van der Waals surface area (Å²) in [5.74, 6) is 0.767. The first kappa shape index (κ1) is 21.7. The fourth-order valence-electron chi connectivity index (χ4n) is 2.75. The first-order valence-corrected chi connectivity index (χ1v) is 10.3. The SMILES string of the molecule is CC[C@@H](C)c1nc2ccc(Br)cc2c(=O)n1N=Cc1ccc(OCC(=O)OC)cc1. The first-order chi connectivity index (χ1) is 14.4. The standard InChI is InChI=1S/C22H22BrN3O4/c1-4-14(2)21-25-19-10-7-16(23)11-18(19)22(28)26(21)24-12-15-5-8-17(9-6-15)30-13-20(27)29-3/h5-12,14H,4,13H2,1-3H3/t14-/m1/s1. The van der Waals surface area contributed by atoms with Crippen molar-refractivity contribution in [3.63, 3.8) is 0 Å². The van der Waals surface area contributed by atoms with E-state index in [1.807, 2.05) is 26.0 Å². The Bertz CT molecular complexity index is 1140. The summed E-state index contributed by atoms with van der Waals surface area (Å²) in [5, 5.41) is 4.93. The molecule has 1 heterocycles. The lowest BCUT2D eigenvalue weighted by Gasteiger charge is -2.14. The molecule has 0 saturated heterocycles. The van der Waals surface area contributed by atoms with Crippen LogP contribution in [0.1, 0.15) is 37.6 Å². The number of fused-ring (bicyclic) bond motifs is 1. The molecule has 0 unspecified atom stereocenters. The maximum atomic E-state index is 13.1. The third-order valence-corrected chi connectivity index (χ3v) is 5.17. The van der Waals surface area contributed by atoms with Crippen molar-refractivity contribution in [1.82, 2.24) is 9.66 Å². The second kappa shape index (κ2) is 9.67. The maximum absolute atomic E-state index is 13.1. The van der Waals surface area contributed by atoms with Crippen LogP contribution in [0.4, 0.5) is 0 Å². The monoisotopic (exact) mass is 471 g/mol. The molecule has 30 heavy (non-hydrogen) atoms. The van der Waals surface area contributed by atoms with Crippen LogP contribution in [0.25, 0.3) is 10.9 Å². The van der Waals surface area contributed by atoms with Crippen LogP contribution in [0, 0.1) is 0 Å². The van der Waals surface area contributed by atoms with Crippen molar-refractivity contribution in [1.29, 1.82) is 0 Å². The predicted molar refractivity (Wildman–Crippen MR) is 119 cm³/mol. The van der Waals surface area contributed by atoms with Crippen molar-refractivity contribution in [3.8, 4) is 5.75 Å². The summed E-state index contributed by atoms with van der Waals surface area (Å²) in [4.78, 5) is 28.9. The van der Waals surface area contributed by atoms with E-state index >= 15 is 0 Å². The fraction of sp³-hybridized carbons (Fsp3) is 0.273. The number of halogens is 1. The van der Waals surface area contributed by atoms with Crippen LogP contribution >= 0.6 is 15.9 Å². The Morgan fingerprint density at radius 2 is 2.00 bits per heavy atom. The molecule has 0 bridgehead atoms. The number of nitrogens with zero attached hydrogens (tertiary/aromatic N) is 3. The van der Waals surface area contributed by atoms with Gasteiger partial charge in [-0.25, -0.2) is 9.78 Å². The van der Waals surface area contributed by atoms with Gasteiger partial charge in [0.25, 0.3) is 5.56 Å². The largest absolute Gasteiger partial charge is 0.482 e. The highest BCUT2D eigenvalue weighted by atomic mass is 79.9. The molecule has 0 aliphatic heterocycles. The van der Waals surface area contributed by atoms with Crippen LogP contribution < -0.4 is 10.3 Å². The molecule has 3 rings (SSSR count). The normalized spacial score (nSPS) is 12.3. The zero-order chi connectivity index (χ0) is 21.7. The van der Waals surface area contributed by atoms with Gasteiger partial charge < -0.3 is 9.47 Å². The molecule has 1 atom stereocenters. The van der Waals surface area contributed by atoms with Crippen molar-refractivity contribution in [2.45, 2.75) is 26.2 Å². The lowest BCUT2D eigenvalue weighted by Crippen LogP contribution is -2.23. The van der Waals surface area contributed by atoms with Crippen LogP contribution in [-0.4, -0.2) is 35.6 Å². The van der Waals surface area contributed by atoms with Crippen molar-refractivity contribution in [3.05, 3.63) is 68.7 Å². The Balaban J connectivity index is 1.93. The van der Waals surface area contributed by atoms with Gasteiger partial charge in [0.1, 0.15) is 11.6 Å². The van der Waals surface area contributed by atoms with Crippen molar-refractivity contribution in [2.75, 3.05) is 13.7 Å². The van der Waals surface area contributed by atoms with Crippen molar-refractivity contribution >= 4 is 39.0 Å². The van der Waals surface area contributed by atoms with Gasteiger partial charge in [-0.3, -0.25) is 4.79 Å². The highest BCUT2D eigenvalue weighted by Crippen LogP contribution is 2.21. The highest BCUT2D eigenvalue weighted by molar-refractivity contribution is 9.10. The summed E-state index contributed by atoms with van der Waals surface area (Å²) >= 11 is 3.41. The molecule has 2 aromatic carbocycles. The third kappa shape index (κ3) is 4.94. The quantitative estimate of drug-likeness (QED) is 0.382. The van der Waals surface area contributed by atoms with E-state index < -0.39 is 5.97 Å². The van der Waals surface area contributed by atoms with Gasteiger partial charge in [0.15, 0.2) is 6.61 Å². The predicted octanol–water partition coefficient (Wildman–Crippen LogP) is 4.11. The summed E-state index contributed by atoms with van der Waals surface area (Å²) in [6.07, 6.45) is 2.43. The molecular formula is C22H22BrN3O4. The van der Waals surface area contributed by atoms with Crippen LogP contribution in [0.15, 0.2) is 56.8 Å². The van der Waals surface area contributed by atoms with E-state index in [0.29, 0.717) is 22.5 Å². The molecule has 1 aromatic heterocycles. The first-order valence-electron chi connectivity index (χ1n) is 9.49. The maximum Gasteiger partial charge on any atom is 0.343 e. The number of methoxy groups -OCH3 is 1. The van der Waals surface area contributed by atoms with E-state index in [-0.39, 0.29) is 18.1 Å². The molecule has 0 N–H and O–H groups in total. The van der Waals surface area contributed by atoms with Crippen LogP contribution in [0.5, 0.6) is 5.75 Å². The molecular weight excluding hydrogens is 450 g/mol. The lowest BCUT2D eigenvalue weighted by molar-refractivity contribution is -0.142. The topological polar surface area (TPSA) is 82.8 Å². The lowest BCUT2D eigenvalue weighted by atomic mass is 10.1. The molecule has 0 saturated carbocycles. The van der Waals surface area contributed by atoms with E-state index in [1.165, 1.54) is 11.8 Å². The van der Waals surface area contributed by atoms with Crippen molar-refractivity contribution < 1.29 is 14.3 Å². The van der Waals surface area contributed by atoms with Crippen molar-refractivity contribution in [2.24, 2.45) is 5.10 Å². The Labute approximate surface area is 182 Å². The minimum atomic E-state index is -0.451. The average Bonchev–Trinajstić information content (AvgIpc) is 2.77. The van der Waals surface area contributed by atoms with Gasteiger partial charge in [-0.2, -0.15) is 9.78 Å². The van der Waals surface area contributed by atoms with E-state index in [2.05, 4.69) is 30.8 Å². The zero-order valence-corrected chi connectivity index (χ0v) is 18.5. The van der Waals surface area contributed by atoms with Gasteiger partial charge in [0, 0.05) is 10.4 Å². The smallest absolute Gasteiger partial charge is 0.343 e. The molecule has 156 valence electrons. The number of esters is 1. The van der Waals surface area contributed by atoms with Crippen LogP contribution in [-0.2, 0) is 9.53 Å². The highest BCUT2D eigenvalue weighted by Gasteiger charge is 2.15. The number of rotatable bonds is 7. The molecule has 0 radical (unpaired) electrons. The Morgan fingerprint density at radius 1 is 1.27 bits per heavy atom. The second-order valence-corrected chi connectivity index (χ2v) is 7.65. The zero-order valence-electron chi connectivity index (χ0n) is 17.0. The summed E-state index contributed by atoms with van der Waals surface area (Å²) in [5.41, 5.74) is 1.21. The van der Waals surface area contributed by atoms with Gasteiger partial charge in [-0.1, -0.05) is 29.8 Å². The van der Waals surface area contributed by atoms with Gasteiger partial charge in [0.05, 0.1) is 24.2 Å². The molecule has 0 amide bonds. The summed E-state index contributed by atoms with van der Waals surface area (Å²) in [6.45, 7) is 3.91. The second-order valence-electron chi connectivity index (χ2n) is 6.74. The van der Waals surface area contributed by atoms with E-state index in [4.69, 9.17) is 4.74 Å². The van der Waals surface area contributed by atoms with Crippen LogP contribution in [0.2, 0.25) is 0 Å². The van der Waals surface area contributed by atoms with Gasteiger partial charge in [0.2, 0.25) is 0 Å². The average molecular weight is 472 g/mol. The number of carbonyl (C=O) groups is 1. The molecule has 8 heteroatoms. The molecule has 0 fully saturated rings. The Morgan fingerprint density at radius 3 is 2.67 bits per heavy atom. The minimum Gasteiger partial charge on any atom is -0.482 e. The summed E-state index contributed by atoms with van der Waals surface area (Å²) in [6, 6.07) is 12.5. The summed E-state index contributed by atoms with van der Waals surface area (Å²) < 4.78 is 12.1.